The number of benzene rings is 1. The molecule has 0 aliphatic carbocycles. The van der Waals surface area contributed by atoms with Crippen molar-refractivity contribution in [2.75, 3.05) is 32.7 Å². The van der Waals surface area contributed by atoms with Gasteiger partial charge in [0.1, 0.15) is 0 Å². The summed E-state index contributed by atoms with van der Waals surface area (Å²) < 4.78 is 39.1. The van der Waals surface area contributed by atoms with Gasteiger partial charge in [0.15, 0.2) is 5.65 Å². The SMILES string of the molecule is NC(=O)c1ccc(-c2ccc(CN3CCN(CC(F)(F)F)CC3)cc2)n2n[c]nc12. The molecule has 7 nitrogen and oxygen atoms in total. The third kappa shape index (κ3) is 4.44. The first kappa shape index (κ1) is 20.3. The molecule has 0 spiro atoms. The van der Waals surface area contributed by atoms with Crippen LogP contribution in [0.2, 0.25) is 0 Å². The Labute approximate surface area is 170 Å². The van der Waals surface area contributed by atoms with Gasteiger partial charge in [0.05, 0.1) is 17.8 Å². The minimum absolute atomic E-state index is 0.272. The van der Waals surface area contributed by atoms with Crippen molar-refractivity contribution in [1.82, 2.24) is 24.4 Å². The van der Waals surface area contributed by atoms with Crippen molar-refractivity contribution in [2.45, 2.75) is 12.7 Å². The molecular formula is C20H20F3N6O. The molecule has 1 aliphatic rings. The van der Waals surface area contributed by atoms with Crippen LogP contribution >= 0.6 is 0 Å². The van der Waals surface area contributed by atoms with Crippen molar-refractivity contribution >= 4 is 11.6 Å². The van der Waals surface area contributed by atoms with Crippen LogP contribution in [0.5, 0.6) is 0 Å². The number of nitrogens with zero attached hydrogens (tertiary/aromatic N) is 5. The number of carbonyl (C=O) groups is 1. The van der Waals surface area contributed by atoms with E-state index in [4.69, 9.17) is 5.73 Å². The molecule has 30 heavy (non-hydrogen) atoms. The average molecular weight is 417 g/mol. The second-order valence-electron chi connectivity index (χ2n) is 7.31. The number of rotatable bonds is 5. The first-order chi connectivity index (χ1) is 14.3. The second-order valence-corrected chi connectivity index (χ2v) is 7.31. The fraction of sp³-hybridized carbons (Fsp3) is 0.350. The van der Waals surface area contributed by atoms with Gasteiger partial charge in [-0.05, 0) is 17.7 Å². The van der Waals surface area contributed by atoms with Crippen molar-refractivity contribution < 1.29 is 18.0 Å². The van der Waals surface area contributed by atoms with Gasteiger partial charge >= 0.3 is 6.18 Å². The molecule has 2 aromatic heterocycles. The Kier molecular flexibility index (Phi) is 5.44. The molecule has 10 heteroatoms. The van der Waals surface area contributed by atoms with Gasteiger partial charge in [0, 0.05) is 38.3 Å². The van der Waals surface area contributed by atoms with E-state index in [0.29, 0.717) is 38.4 Å². The minimum atomic E-state index is -4.15. The van der Waals surface area contributed by atoms with Crippen molar-refractivity contribution in [1.29, 1.82) is 0 Å². The van der Waals surface area contributed by atoms with Crippen LogP contribution in [-0.2, 0) is 6.54 Å². The Morgan fingerprint density at radius 2 is 1.70 bits per heavy atom. The van der Waals surface area contributed by atoms with Gasteiger partial charge in [-0.1, -0.05) is 24.3 Å². The summed E-state index contributed by atoms with van der Waals surface area (Å²) >= 11 is 0. The van der Waals surface area contributed by atoms with Gasteiger partial charge in [-0.2, -0.15) is 13.2 Å². The van der Waals surface area contributed by atoms with E-state index < -0.39 is 18.6 Å². The number of carbonyl (C=O) groups excluding carboxylic acids is 1. The number of pyridine rings is 1. The highest BCUT2D eigenvalue weighted by Crippen LogP contribution is 2.23. The lowest BCUT2D eigenvalue weighted by Gasteiger charge is -2.35. The van der Waals surface area contributed by atoms with Crippen LogP contribution in [0.4, 0.5) is 13.2 Å². The normalized spacial score (nSPS) is 16.2. The van der Waals surface area contributed by atoms with Gasteiger partial charge in [-0.3, -0.25) is 14.6 Å². The molecule has 0 atom stereocenters. The zero-order chi connectivity index (χ0) is 21.3. The zero-order valence-corrected chi connectivity index (χ0v) is 16.1. The molecule has 1 fully saturated rings. The Balaban J connectivity index is 1.43. The first-order valence-corrected chi connectivity index (χ1v) is 9.46. The summed E-state index contributed by atoms with van der Waals surface area (Å²) in [6.45, 7) is 1.84. The van der Waals surface area contributed by atoms with Gasteiger partial charge < -0.3 is 5.73 Å². The molecule has 0 bridgehead atoms. The summed E-state index contributed by atoms with van der Waals surface area (Å²) in [4.78, 5) is 19.1. The lowest BCUT2D eigenvalue weighted by Crippen LogP contribution is -2.48. The summed E-state index contributed by atoms with van der Waals surface area (Å²) in [5, 5.41) is 4.07. The molecule has 3 heterocycles. The van der Waals surface area contributed by atoms with Crippen LogP contribution in [0, 0.1) is 6.33 Å². The molecule has 4 rings (SSSR count). The largest absolute Gasteiger partial charge is 0.401 e. The Bertz CT molecular complexity index is 1040. The summed E-state index contributed by atoms with van der Waals surface area (Å²) in [6, 6.07) is 11.2. The van der Waals surface area contributed by atoms with Crippen LogP contribution < -0.4 is 5.73 Å². The van der Waals surface area contributed by atoms with E-state index in [1.165, 1.54) is 9.42 Å². The highest BCUT2D eigenvalue weighted by molar-refractivity contribution is 5.99. The smallest absolute Gasteiger partial charge is 0.365 e. The molecule has 1 radical (unpaired) electrons. The number of halogens is 3. The van der Waals surface area contributed by atoms with Crippen molar-refractivity contribution in [3.8, 4) is 11.3 Å². The van der Waals surface area contributed by atoms with Crippen LogP contribution in [-0.4, -0.2) is 69.2 Å². The van der Waals surface area contributed by atoms with Gasteiger partial charge in [-0.25, -0.2) is 9.50 Å². The van der Waals surface area contributed by atoms with Crippen LogP contribution in [0.15, 0.2) is 36.4 Å². The van der Waals surface area contributed by atoms with Gasteiger partial charge in [0.25, 0.3) is 5.91 Å². The molecule has 0 saturated carbocycles. The summed E-state index contributed by atoms with van der Waals surface area (Å²) in [7, 11) is 0. The number of amides is 1. The predicted octanol–water partition coefficient (Wildman–Crippen LogP) is 1.98. The molecule has 1 saturated heterocycles. The maximum atomic E-state index is 12.5. The van der Waals surface area contributed by atoms with Crippen LogP contribution in [0.3, 0.4) is 0 Å². The maximum absolute atomic E-state index is 12.5. The number of hydrogen-bond acceptors (Lipinski definition) is 5. The van der Waals surface area contributed by atoms with Crippen LogP contribution in [0.1, 0.15) is 15.9 Å². The number of aromatic nitrogens is 3. The third-order valence-electron chi connectivity index (χ3n) is 5.17. The summed E-state index contributed by atoms with van der Waals surface area (Å²) in [5.74, 6) is -0.585. The molecule has 0 unspecified atom stereocenters. The summed E-state index contributed by atoms with van der Waals surface area (Å²) in [5.41, 5.74) is 8.70. The maximum Gasteiger partial charge on any atom is 0.401 e. The van der Waals surface area contributed by atoms with E-state index in [2.05, 4.69) is 21.3 Å². The fourth-order valence-corrected chi connectivity index (χ4v) is 3.67. The second kappa shape index (κ2) is 8.04. The quantitative estimate of drug-likeness (QED) is 0.687. The van der Waals surface area contributed by atoms with E-state index in [-0.39, 0.29) is 5.56 Å². The number of fused-ring (bicyclic) bond motifs is 1. The monoisotopic (exact) mass is 417 g/mol. The highest BCUT2D eigenvalue weighted by Gasteiger charge is 2.32. The van der Waals surface area contributed by atoms with Crippen LogP contribution in [0.25, 0.3) is 16.9 Å². The van der Waals surface area contributed by atoms with E-state index >= 15 is 0 Å². The van der Waals surface area contributed by atoms with Gasteiger partial charge in [0.2, 0.25) is 6.33 Å². The van der Waals surface area contributed by atoms with Crippen molar-refractivity contribution in [3.63, 3.8) is 0 Å². The molecule has 3 aromatic rings. The predicted molar refractivity (Wildman–Crippen MR) is 104 cm³/mol. The molecular weight excluding hydrogens is 397 g/mol. The first-order valence-electron chi connectivity index (χ1n) is 9.46. The Morgan fingerprint density at radius 1 is 1.03 bits per heavy atom. The third-order valence-corrected chi connectivity index (χ3v) is 5.17. The number of primary amides is 1. The lowest BCUT2D eigenvalue weighted by molar-refractivity contribution is -0.149. The molecule has 1 aliphatic heterocycles. The standard InChI is InChI=1S/C20H20F3N6O/c21-20(22,23)12-28-9-7-27(8-10-28)11-14-1-3-15(4-2-14)17-6-5-16(18(24)30)19-25-13-26-29(17)19/h1-6H,7-12H2,(H2,24,30). The van der Waals surface area contributed by atoms with E-state index in [0.717, 1.165) is 16.8 Å². The average Bonchev–Trinajstić information content (AvgIpc) is 3.18. The lowest BCUT2D eigenvalue weighted by atomic mass is 10.1. The highest BCUT2D eigenvalue weighted by atomic mass is 19.4. The number of piperazine rings is 1. The van der Waals surface area contributed by atoms with Crippen molar-refractivity contribution in [3.05, 3.63) is 53.9 Å². The zero-order valence-electron chi connectivity index (χ0n) is 16.1. The van der Waals surface area contributed by atoms with E-state index in [1.54, 1.807) is 12.1 Å². The number of hydrogen-bond donors (Lipinski definition) is 1. The molecule has 1 aromatic carbocycles. The van der Waals surface area contributed by atoms with E-state index in [9.17, 15) is 18.0 Å². The number of alkyl halides is 3. The number of nitrogens with two attached hydrogens (primary N) is 1. The Morgan fingerprint density at radius 3 is 2.33 bits per heavy atom. The van der Waals surface area contributed by atoms with E-state index in [1.807, 2.05) is 24.3 Å². The van der Waals surface area contributed by atoms with Crippen molar-refractivity contribution in [2.24, 2.45) is 5.73 Å². The van der Waals surface area contributed by atoms with Gasteiger partial charge in [-0.15, -0.1) is 5.10 Å². The summed E-state index contributed by atoms with van der Waals surface area (Å²) in [6.07, 6.45) is -1.65. The minimum Gasteiger partial charge on any atom is -0.365 e. The molecule has 157 valence electrons. The Hall–Kier alpha value is -2.98. The topological polar surface area (TPSA) is 79.8 Å². The molecule has 1 amide bonds. The fourth-order valence-electron chi connectivity index (χ4n) is 3.67. The molecule has 2 N–H and O–H groups in total.